The number of methoxy groups -OCH3 is 1. The minimum Gasteiger partial charge on any atom is -0.383 e. The van der Waals surface area contributed by atoms with Crippen molar-refractivity contribution >= 4 is 17.7 Å². The molecule has 1 fully saturated rings. The summed E-state index contributed by atoms with van der Waals surface area (Å²) in [5, 5.41) is 0. The predicted molar refractivity (Wildman–Crippen MR) is 104 cm³/mol. The van der Waals surface area contributed by atoms with Crippen LogP contribution < -0.4 is 0 Å². The summed E-state index contributed by atoms with van der Waals surface area (Å²) in [5.41, 5.74) is 2.44. The van der Waals surface area contributed by atoms with Gasteiger partial charge < -0.3 is 9.64 Å². The van der Waals surface area contributed by atoms with Crippen LogP contribution >= 0.6 is 0 Å². The first-order valence-electron chi connectivity index (χ1n) is 9.33. The molecule has 2 aromatic rings. The van der Waals surface area contributed by atoms with E-state index >= 15 is 0 Å². The minimum absolute atomic E-state index is 0.0826. The molecule has 0 atom stereocenters. The van der Waals surface area contributed by atoms with Crippen LogP contribution in [-0.4, -0.2) is 47.8 Å². The number of likely N-dealkylation sites (tertiary alicyclic amines) is 1. The molecule has 0 saturated carbocycles. The number of hydrogen-bond acceptors (Lipinski definition) is 4. The lowest BCUT2D eigenvalue weighted by molar-refractivity contribution is -0.139. The normalized spacial score (nSPS) is 13.8. The van der Waals surface area contributed by atoms with Gasteiger partial charge in [-0.2, -0.15) is 0 Å². The Hall–Kier alpha value is -2.99. The Morgan fingerprint density at radius 3 is 2.21 bits per heavy atom. The quantitative estimate of drug-likeness (QED) is 0.661. The van der Waals surface area contributed by atoms with Crippen LogP contribution in [0.1, 0.15) is 34.3 Å². The molecule has 2 aromatic carbocycles. The predicted octanol–water partition coefficient (Wildman–Crippen LogP) is 2.62. The highest BCUT2D eigenvalue weighted by Gasteiger charge is 2.28. The number of imide groups is 1. The van der Waals surface area contributed by atoms with Gasteiger partial charge in [-0.25, -0.2) is 0 Å². The molecule has 1 aliphatic heterocycles. The number of nitrogens with zero attached hydrogens (tertiary/aromatic N) is 2. The number of rotatable bonds is 8. The third-order valence-corrected chi connectivity index (χ3v) is 4.77. The lowest BCUT2D eigenvalue weighted by Crippen LogP contribution is -2.33. The standard InChI is InChI=1S/C22H24N2O4/c1-28-14-13-23(15-17-5-3-2-4-6-17)22(27)19-9-7-18(8-10-19)16-24-20(25)11-12-21(24)26/h2-10H,11-16H2,1H3. The van der Waals surface area contributed by atoms with Crippen molar-refractivity contribution in [2.45, 2.75) is 25.9 Å². The maximum atomic E-state index is 13.0. The van der Waals surface area contributed by atoms with Crippen LogP contribution in [0.4, 0.5) is 0 Å². The van der Waals surface area contributed by atoms with E-state index in [-0.39, 0.29) is 37.1 Å². The molecule has 0 aromatic heterocycles. The van der Waals surface area contributed by atoms with Crippen molar-refractivity contribution in [1.82, 2.24) is 9.80 Å². The zero-order valence-corrected chi connectivity index (χ0v) is 16.0. The third-order valence-electron chi connectivity index (χ3n) is 4.77. The van der Waals surface area contributed by atoms with Crippen molar-refractivity contribution in [3.05, 3.63) is 71.3 Å². The number of carbonyl (C=O) groups is 3. The molecular weight excluding hydrogens is 356 g/mol. The maximum absolute atomic E-state index is 13.0. The minimum atomic E-state index is -0.140. The van der Waals surface area contributed by atoms with Crippen LogP contribution in [0.25, 0.3) is 0 Å². The number of amides is 3. The average Bonchev–Trinajstić information content (AvgIpc) is 3.04. The summed E-state index contributed by atoms with van der Waals surface area (Å²) < 4.78 is 5.15. The van der Waals surface area contributed by atoms with E-state index in [2.05, 4.69) is 0 Å². The van der Waals surface area contributed by atoms with Crippen molar-refractivity contribution in [2.75, 3.05) is 20.3 Å². The smallest absolute Gasteiger partial charge is 0.254 e. The number of benzene rings is 2. The molecule has 1 aliphatic rings. The van der Waals surface area contributed by atoms with Gasteiger partial charge in [0.15, 0.2) is 0 Å². The number of hydrogen-bond donors (Lipinski definition) is 0. The van der Waals surface area contributed by atoms with Crippen LogP contribution in [0, 0.1) is 0 Å². The molecule has 28 heavy (non-hydrogen) atoms. The molecule has 1 saturated heterocycles. The summed E-state index contributed by atoms with van der Waals surface area (Å²) >= 11 is 0. The van der Waals surface area contributed by atoms with Crippen molar-refractivity contribution < 1.29 is 19.1 Å². The molecular formula is C22H24N2O4. The molecule has 0 bridgehead atoms. The van der Waals surface area contributed by atoms with Gasteiger partial charge in [0, 0.05) is 38.6 Å². The van der Waals surface area contributed by atoms with Crippen LogP contribution in [0.3, 0.4) is 0 Å². The summed E-state index contributed by atoms with van der Waals surface area (Å²) in [5.74, 6) is -0.363. The highest BCUT2D eigenvalue weighted by Crippen LogP contribution is 2.17. The fourth-order valence-corrected chi connectivity index (χ4v) is 3.17. The molecule has 6 heteroatoms. The Bertz CT molecular complexity index is 817. The first kappa shape index (κ1) is 19.8. The second-order valence-corrected chi connectivity index (χ2v) is 6.78. The highest BCUT2D eigenvalue weighted by atomic mass is 16.5. The molecule has 0 N–H and O–H groups in total. The summed E-state index contributed by atoms with van der Waals surface area (Å²) in [6.45, 7) is 1.70. The van der Waals surface area contributed by atoms with E-state index in [1.54, 1.807) is 36.3 Å². The third kappa shape index (κ3) is 4.84. The largest absolute Gasteiger partial charge is 0.383 e. The van der Waals surface area contributed by atoms with E-state index < -0.39 is 0 Å². The SMILES string of the molecule is COCCN(Cc1ccccc1)C(=O)c1ccc(CN2C(=O)CCC2=O)cc1. The van der Waals surface area contributed by atoms with Gasteiger partial charge >= 0.3 is 0 Å². The molecule has 146 valence electrons. The van der Waals surface area contributed by atoms with Crippen molar-refractivity contribution in [3.8, 4) is 0 Å². The van der Waals surface area contributed by atoms with Gasteiger partial charge in [0.2, 0.25) is 11.8 Å². The van der Waals surface area contributed by atoms with Crippen LogP contribution in [0.15, 0.2) is 54.6 Å². The second-order valence-electron chi connectivity index (χ2n) is 6.78. The van der Waals surface area contributed by atoms with Gasteiger partial charge in [0.1, 0.15) is 0 Å². The highest BCUT2D eigenvalue weighted by molar-refractivity contribution is 6.01. The molecule has 0 radical (unpaired) electrons. The Labute approximate surface area is 164 Å². The van der Waals surface area contributed by atoms with E-state index in [1.165, 1.54) is 4.90 Å². The Morgan fingerprint density at radius 1 is 0.964 bits per heavy atom. The molecule has 0 spiro atoms. The van der Waals surface area contributed by atoms with Crippen molar-refractivity contribution in [2.24, 2.45) is 0 Å². The molecule has 0 unspecified atom stereocenters. The van der Waals surface area contributed by atoms with Crippen molar-refractivity contribution in [1.29, 1.82) is 0 Å². The molecule has 3 amide bonds. The number of ether oxygens (including phenoxy) is 1. The fourth-order valence-electron chi connectivity index (χ4n) is 3.17. The fraction of sp³-hybridized carbons (Fsp3) is 0.318. The second kappa shape index (κ2) is 9.28. The van der Waals surface area contributed by atoms with Crippen LogP contribution in [0.2, 0.25) is 0 Å². The molecule has 1 heterocycles. The van der Waals surface area contributed by atoms with Crippen molar-refractivity contribution in [3.63, 3.8) is 0 Å². The molecule has 3 rings (SSSR count). The van der Waals surface area contributed by atoms with E-state index in [0.29, 0.717) is 25.3 Å². The number of carbonyl (C=O) groups excluding carboxylic acids is 3. The van der Waals surface area contributed by atoms with E-state index in [1.807, 2.05) is 30.3 Å². The summed E-state index contributed by atoms with van der Waals surface area (Å²) in [7, 11) is 1.61. The lowest BCUT2D eigenvalue weighted by Gasteiger charge is -2.23. The first-order valence-corrected chi connectivity index (χ1v) is 9.33. The Kier molecular flexibility index (Phi) is 6.55. The summed E-state index contributed by atoms with van der Waals surface area (Å²) in [4.78, 5) is 39.5. The van der Waals surface area contributed by atoms with Gasteiger partial charge in [-0.3, -0.25) is 19.3 Å². The van der Waals surface area contributed by atoms with Gasteiger partial charge in [0.25, 0.3) is 5.91 Å². The summed E-state index contributed by atoms with van der Waals surface area (Å²) in [6, 6.07) is 16.9. The van der Waals surface area contributed by atoms with E-state index in [0.717, 1.165) is 11.1 Å². The average molecular weight is 380 g/mol. The zero-order chi connectivity index (χ0) is 19.9. The van der Waals surface area contributed by atoms with Gasteiger partial charge in [-0.15, -0.1) is 0 Å². The first-order chi connectivity index (χ1) is 13.6. The van der Waals surface area contributed by atoms with E-state index in [4.69, 9.17) is 4.74 Å². The van der Waals surface area contributed by atoms with Gasteiger partial charge in [-0.05, 0) is 23.3 Å². The van der Waals surface area contributed by atoms with Crippen LogP contribution in [0.5, 0.6) is 0 Å². The molecule has 0 aliphatic carbocycles. The van der Waals surface area contributed by atoms with Gasteiger partial charge in [-0.1, -0.05) is 42.5 Å². The topological polar surface area (TPSA) is 66.9 Å². The van der Waals surface area contributed by atoms with E-state index in [9.17, 15) is 14.4 Å². The Balaban J connectivity index is 1.70. The zero-order valence-electron chi connectivity index (χ0n) is 16.0. The lowest BCUT2D eigenvalue weighted by atomic mass is 10.1. The maximum Gasteiger partial charge on any atom is 0.254 e. The Morgan fingerprint density at radius 2 is 1.61 bits per heavy atom. The van der Waals surface area contributed by atoms with Gasteiger partial charge in [0.05, 0.1) is 13.2 Å². The van der Waals surface area contributed by atoms with Crippen LogP contribution in [-0.2, 0) is 27.4 Å². The molecule has 6 nitrogen and oxygen atoms in total. The summed E-state index contributed by atoms with van der Waals surface area (Å²) in [6.07, 6.45) is 0.562. The monoisotopic (exact) mass is 380 g/mol.